The van der Waals surface area contributed by atoms with E-state index in [0.29, 0.717) is 0 Å². The smallest absolute Gasteiger partial charge is 0.247 e. The summed E-state index contributed by atoms with van der Waals surface area (Å²) in [5.74, 6) is 0. The molecular formula is C82H88BN3O. The molecule has 0 bridgehead atoms. The molecule has 87 heavy (non-hydrogen) atoms. The molecule has 0 atom stereocenters. The minimum atomic E-state index is -0.202. The molecule has 0 fully saturated rings. The molecule has 0 unspecified atom stereocenters. The standard InChI is InChI=1S/C82H88BN3O/c1-47-37-48(2)74(49(3)38-47)83-63-46-56(82(19,20)21)30-36-70(63)86-69-35-29-55(81(16,17)18)45-61(69)76(87)62-39-50(40-64(83)75(62)86)73-71(84-65-31-25-51(77(4,5)6)41-57(65)58-42-52(78(7,8)9)26-32-66(58)84)23-22-24-72(73)85-67-33-27-53(79(10,11)12)43-59(67)60-44-54(80(13,14)15)28-34-68(60)85/h22-46H,1-21H3. The van der Waals surface area contributed by atoms with Crippen molar-refractivity contribution < 1.29 is 0 Å². The molecule has 1 aliphatic heterocycles. The van der Waals surface area contributed by atoms with Crippen LogP contribution in [0.5, 0.6) is 0 Å². The highest BCUT2D eigenvalue weighted by Gasteiger charge is 2.38. The highest BCUT2D eigenvalue weighted by Crippen LogP contribution is 2.46. The van der Waals surface area contributed by atoms with Gasteiger partial charge in [-0.15, -0.1) is 0 Å². The lowest BCUT2D eigenvalue weighted by atomic mass is 9.34. The van der Waals surface area contributed by atoms with Gasteiger partial charge in [0, 0.05) is 43.6 Å². The number of benzene rings is 9. The number of rotatable bonds is 4. The van der Waals surface area contributed by atoms with Crippen LogP contribution in [0.4, 0.5) is 0 Å². The van der Waals surface area contributed by atoms with Crippen LogP contribution >= 0.6 is 0 Å². The lowest BCUT2D eigenvalue weighted by Crippen LogP contribution is -2.58. The predicted octanol–water partition coefficient (Wildman–Crippen LogP) is 19.5. The van der Waals surface area contributed by atoms with Gasteiger partial charge in [-0.05, 0) is 188 Å². The zero-order valence-corrected chi connectivity index (χ0v) is 55.8. The fourth-order valence-corrected chi connectivity index (χ4v) is 14.5. The van der Waals surface area contributed by atoms with Gasteiger partial charge in [-0.2, -0.15) is 0 Å². The van der Waals surface area contributed by atoms with Crippen LogP contribution < -0.4 is 21.8 Å². The van der Waals surface area contributed by atoms with Gasteiger partial charge in [0.05, 0.1) is 44.5 Å². The summed E-state index contributed by atoms with van der Waals surface area (Å²) in [5.41, 5.74) is 26.3. The van der Waals surface area contributed by atoms with Gasteiger partial charge in [-0.25, -0.2) is 0 Å². The van der Waals surface area contributed by atoms with Crippen molar-refractivity contribution >= 4 is 88.5 Å². The molecule has 5 heteroatoms. The first-order valence-electron chi connectivity index (χ1n) is 31.8. The predicted molar refractivity (Wildman–Crippen MR) is 379 cm³/mol. The Bertz CT molecular complexity index is 4640. The maximum Gasteiger partial charge on any atom is 0.247 e. The SMILES string of the molecule is Cc1cc(C)c(B2c3cc(C(C)(C)C)ccc3-n3c4ccc(C(C)(C)C)cc4c(=O)c4cc(-c5c(-n6c7ccc(C(C)(C)C)cc7c7cc(C(C)(C)C)ccc76)cccc5-n5c6ccc(C(C)(C)C)cc6c6cc(C(C)(C)C)ccc65)cc2c43)c(C)c1. The Morgan fingerprint density at radius 3 is 1.05 bits per heavy atom. The van der Waals surface area contributed by atoms with Crippen molar-refractivity contribution in [3.63, 3.8) is 0 Å². The Morgan fingerprint density at radius 2 is 0.667 bits per heavy atom. The molecule has 1 aliphatic rings. The molecule has 0 saturated heterocycles. The Kier molecular flexibility index (Phi) is 12.9. The molecule has 13 rings (SSSR count). The third kappa shape index (κ3) is 9.34. The van der Waals surface area contributed by atoms with E-state index < -0.39 is 0 Å². The van der Waals surface area contributed by atoms with Crippen LogP contribution in [0.15, 0.2) is 156 Å². The van der Waals surface area contributed by atoms with Gasteiger partial charge in [0.1, 0.15) is 0 Å². The number of hydrogen-bond acceptors (Lipinski definition) is 1. The number of fused-ring (bicyclic) bond motifs is 10. The molecular weight excluding hydrogens is 1050 g/mol. The second-order valence-corrected chi connectivity index (χ2v) is 32.1. The minimum Gasteiger partial charge on any atom is -0.310 e. The van der Waals surface area contributed by atoms with Crippen LogP contribution in [0.2, 0.25) is 0 Å². The van der Waals surface area contributed by atoms with Crippen molar-refractivity contribution in [3.05, 3.63) is 212 Å². The third-order valence-electron chi connectivity index (χ3n) is 19.5. The number of hydrogen-bond donors (Lipinski definition) is 0. The van der Waals surface area contributed by atoms with Crippen molar-refractivity contribution in [2.45, 2.75) is 178 Å². The van der Waals surface area contributed by atoms with Crippen molar-refractivity contribution in [1.29, 1.82) is 0 Å². The largest absolute Gasteiger partial charge is 0.310 e. The van der Waals surface area contributed by atoms with Gasteiger partial charge >= 0.3 is 0 Å². The summed E-state index contributed by atoms with van der Waals surface area (Å²) in [5, 5.41) is 6.38. The molecule has 0 N–H and O–H groups in total. The first-order valence-corrected chi connectivity index (χ1v) is 31.8. The molecule has 4 heterocycles. The average Bonchev–Trinajstić information content (AvgIpc) is 0.796. The molecule has 0 spiro atoms. The Morgan fingerprint density at radius 1 is 0.322 bits per heavy atom. The van der Waals surface area contributed by atoms with E-state index in [1.165, 1.54) is 77.0 Å². The van der Waals surface area contributed by atoms with Crippen molar-refractivity contribution in [1.82, 2.24) is 13.7 Å². The van der Waals surface area contributed by atoms with Gasteiger partial charge < -0.3 is 13.7 Å². The van der Waals surface area contributed by atoms with Crippen LogP contribution in [0.25, 0.3) is 93.6 Å². The summed E-state index contributed by atoms with van der Waals surface area (Å²) in [4.78, 5) is 16.5. The lowest BCUT2D eigenvalue weighted by molar-refractivity contribution is 0.590. The molecule has 0 saturated carbocycles. The molecule has 0 aliphatic carbocycles. The van der Waals surface area contributed by atoms with Crippen LogP contribution in [-0.4, -0.2) is 20.4 Å². The maximum atomic E-state index is 16.5. The minimum absolute atomic E-state index is 0.0536. The lowest BCUT2D eigenvalue weighted by Gasteiger charge is -2.34. The summed E-state index contributed by atoms with van der Waals surface area (Å²) < 4.78 is 7.55. The molecule has 0 radical (unpaired) electrons. The summed E-state index contributed by atoms with van der Waals surface area (Å²) in [6, 6.07) is 59.0. The summed E-state index contributed by atoms with van der Waals surface area (Å²) >= 11 is 0. The van der Waals surface area contributed by atoms with Crippen LogP contribution in [-0.2, 0) is 32.5 Å². The van der Waals surface area contributed by atoms with E-state index in [4.69, 9.17) is 0 Å². The molecule has 440 valence electrons. The monoisotopic (exact) mass is 1140 g/mol. The van der Waals surface area contributed by atoms with Gasteiger partial charge in [-0.3, -0.25) is 4.79 Å². The summed E-state index contributed by atoms with van der Waals surface area (Å²) in [6.45, 7) is 48.1. The number of aromatic nitrogens is 3. The van der Waals surface area contributed by atoms with E-state index >= 15 is 4.79 Å². The van der Waals surface area contributed by atoms with E-state index in [0.717, 1.165) is 83.1 Å². The Hall–Kier alpha value is -7.89. The van der Waals surface area contributed by atoms with Gasteiger partial charge in [0.2, 0.25) is 6.71 Å². The summed E-state index contributed by atoms with van der Waals surface area (Å²) in [6.07, 6.45) is 0. The van der Waals surface area contributed by atoms with E-state index in [-0.39, 0.29) is 44.6 Å². The molecule has 0 amide bonds. The molecule has 9 aromatic carbocycles. The molecule has 12 aromatic rings. The topological polar surface area (TPSA) is 31.9 Å². The fraction of sp³-hybridized carbons (Fsp3) is 0.329. The van der Waals surface area contributed by atoms with E-state index in [9.17, 15) is 0 Å². The maximum absolute atomic E-state index is 16.5. The normalized spacial score (nSPS) is 13.6. The van der Waals surface area contributed by atoms with Crippen LogP contribution in [0.1, 0.15) is 175 Å². The average molecular weight is 1140 g/mol. The second kappa shape index (κ2) is 19.3. The van der Waals surface area contributed by atoms with Gasteiger partial charge in [-0.1, -0.05) is 214 Å². The number of aryl methyl sites for hydroxylation is 3. The van der Waals surface area contributed by atoms with Crippen molar-refractivity contribution in [3.8, 4) is 28.2 Å². The first kappa shape index (κ1) is 58.1. The first-order chi connectivity index (χ1) is 40.6. The summed E-state index contributed by atoms with van der Waals surface area (Å²) in [7, 11) is 0. The van der Waals surface area contributed by atoms with Crippen LogP contribution in [0.3, 0.4) is 0 Å². The number of nitrogens with zero attached hydrogens (tertiary/aromatic N) is 3. The zero-order valence-electron chi connectivity index (χ0n) is 55.8. The Balaban J connectivity index is 1.27. The van der Waals surface area contributed by atoms with Crippen LogP contribution in [0, 0.1) is 20.8 Å². The fourth-order valence-electron chi connectivity index (χ4n) is 14.5. The zero-order chi connectivity index (χ0) is 62.3. The highest BCUT2D eigenvalue weighted by atomic mass is 16.1. The third-order valence-corrected chi connectivity index (χ3v) is 19.5. The quantitative estimate of drug-likeness (QED) is 0.128. The van der Waals surface area contributed by atoms with Gasteiger partial charge in [0.25, 0.3) is 0 Å². The molecule has 4 nitrogen and oxygen atoms in total. The molecule has 3 aromatic heterocycles. The second-order valence-electron chi connectivity index (χ2n) is 32.1. The van der Waals surface area contributed by atoms with E-state index in [1.54, 1.807) is 0 Å². The number of pyridine rings is 1. The van der Waals surface area contributed by atoms with Gasteiger partial charge in [0.15, 0.2) is 5.43 Å². The van der Waals surface area contributed by atoms with E-state index in [1.807, 2.05) is 0 Å². The Labute approximate surface area is 517 Å². The van der Waals surface area contributed by atoms with E-state index in [2.05, 4.69) is 311 Å². The van der Waals surface area contributed by atoms with Crippen molar-refractivity contribution in [2.24, 2.45) is 0 Å². The highest BCUT2D eigenvalue weighted by molar-refractivity contribution is 6.98. The van der Waals surface area contributed by atoms with Crippen molar-refractivity contribution in [2.75, 3.05) is 0 Å².